The van der Waals surface area contributed by atoms with E-state index in [1.807, 2.05) is 6.92 Å². The molecular formula is C17H13BrN2O4S3. The molecule has 0 atom stereocenters. The number of nitrogens with one attached hydrogen (secondary N) is 1. The molecule has 3 rings (SSSR count). The van der Waals surface area contributed by atoms with Gasteiger partial charge in [-0.2, -0.15) is 5.01 Å². The van der Waals surface area contributed by atoms with Gasteiger partial charge in [0, 0.05) is 4.47 Å². The first kappa shape index (κ1) is 19.9. The standard InChI is InChI=1S/C17H13BrN2O4S3/c1-2-24-12-6-9(10(18)8-11(12)21)7-14-16(23)20(17(25)27-14)19-15(22)13-4-3-5-26-13/h3-8,21H,2H2,1H3,(H,19,22)/b14-7-. The summed E-state index contributed by atoms with van der Waals surface area (Å²) in [5.74, 6) is -0.509. The molecule has 1 aromatic carbocycles. The zero-order valence-electron chi connectivity index (χ0n) is 13.9. The molecule has 1 fully saturated rings. The van der Waals surface area contributed by atoms with Gasteiger partial charge in [-0.3, -0.25) is 15.0 Å². The molecule has 1 aromatic heterocycles. The molecule has 0 bridgehead atoms. The largest absolute Gasteiger partial charge is 0.504 e. The Balaban J connectivity index is 1.84. The van der Waals surface area contributed by atoms with Crippen molar-refractivity contribution in [3.63, 3.8) is 0 Å². The van der Waals surface area contributed by atoms with E-state index < -0.39 is 11.8 Å². The van der Waals surface area contributed by atoms with E-state index in [2.05, 4.69) is 21.4 Å². The maximum absolute atomic E-state index is 12.7. The van der Waals surface area contributed by atoms with Crippen LogP contribution in [0.15, 0.2) is 39.0 Å². The monoisotopic (exact) mass is 484 g/mol. The quantitative estimate of drug-likeness (QED) is 0.489. The number of aromatic hydroxyl groups is 1. The Labute approximate surface area is 177 Å². The number of hydrogen-bond donors (Lipinski definition) is 2. The molecule has 2 aromatic rings. The first-order chi connectivity index (χ1) is 12.9. The number of ether oxygens (including phenoxy) is 1. The van der Waals surface area contributed by atoms with E-state index >= 15 is 0 Å². The summed E-state index contributed by atoms with van der Waals surface area (Å²) in [5.41, 5.74) is 3.17. The Hall–Kier alpha value is -1.88. The minimum absolute atomic E-state index is 0.00312. The van der Waals surface area contributed by atoms with Gasteiger partial charge in [-0.05, 0) is 54.4 Å². The van der Waals surface area contributed by atoms with Crippen molar-refractivity contribution in [1.29, 1.82) is 0 Å². The van der Waals surface area contributed by atoms with Crippen LogP contribution in [0.5, 0.6) is 11.5 Å². The number of thiophene rings is 1. The Bertz CT molecular complexity index is 944. The van der Waals surface area contributed by atoms with Gasteiger partial charge in [-0.15, -0.1) is 11.3 Å². The van der Waals surface area contributed by atoms with Crippen LogP contribution in [0, 0.1) is 0 Å². The van der Waals surface area contributed by atoms with Crippen LogP contribution in [-0.2, 0) is 4.79 Å². The number of phenolic OH excluding ortho intramolecular Hbond substituents is 1. The Kier molecular flexibility index (Phi) is 6.20. The first-order valence-corrected chi connectivity index (χ1v) is 10.6. The van der Waals surface area contributed by atoms with Crippen molar-refractivity contribution in [3.8, 4) is 11.5 Å². The van der Waals surface area contributed by atoms with Crippen molar-refractivity contribution in [2.75, 3.05) is 6.61 Å². The minimum atomic E-state index is -0.423. The topological polar surface area (TPSA) is 78.9 Å². The van der Waals surface area contributed by atoms with Gasteiger partial charge in [0.1, 0.15) is 0 Å². The zero-order valence-corrected chi connectivity index (χ0v) is 17.9. The molecular weight excluding hydrogens is 472 g/mol. The molecule has 6 nitrogen and oxygen atoms in total. The molecule has 1 aliphatic rings. The van der Waals surface area contributed by atoms with Crippen molar-refractivity contribution in [1.82, 2.24) is 10.4 Å². The van der Waals surface area contributed by atoms with Gasteiger partial charge in [0.2, 0.25) is 0 Å². The smallest absolute Gasteiger partial charge is 0.285 e. The number of nitrogens with zero attached hydrogens (tertiary/aromatic N) is 1. The molecule has 140 valence electrons. The minimum Gasteiger partial charge on any atom is -0.504 e. The van der Waals surface area contributed by atoms with Crippen molar-refractivity contribution in [2.45, 2.75) is 6.92 Å². The lowest BCUT2D eigenvalue weighted by Crippen LogP contribution is -2.44. The van der Waals surface area contributed by atoms with Gasteiger partial charge < -0.3 is 9.84 Å². The van der Waals surface area contributed by atoms with Gasteiger partial charge in [0.15, 0.2) is 15.8 Å². The zero-order chi connectivity index (χ0) is 19.6. The number of thiocarbonyl (C=S) groups is 1. The second-order valence-corrected chi connectivity index (χ2v) is 8.69. The predicted octanol–water partition coefficient (Wildman–Crippen LogP) is 4.16. The number of hydrazine groups is 1. The van der Waals surface area contributed by atoms with Gasteiger partial charge in [-0.25, -0.2) is 0 Å². The number of phenols is 1. The molecule has 27 heavy (non-hydrogen) atoms. The van der Waals surface area contributed by atoms with Gasteiger partial charge in [0.25, 0.3) is 11.8 Å². The van der Waals surface area contributed by atoms with E-state index in [4.69, 9.17) is 17.0 Å². The molecule has 0 radical (unpaired) electrons. The van der Waals surface area contributed by atoms with Crippen LogP contribution in [0.4, 0.5) is 0 Å². The molecule has 2 amide bonds. The van der Waals surface area contributed by atoms with E-state index in [-0.39, 0.29) is 10.1 Å². The van der Waals surface area contributed by atoms with Crippen molar-refractivity contribution >= 4 is 73.5 Å². The van der Waals surface area contributed by atoms with Crippen LogP contribution in [0.25, 0.3) is 6.08 Å². The van der Waals surface area contributed by atoms with Crippen LogP contribution in [0.3, 0.4) is 0 Å². The SMILES string of the molecule is CCOc1cc(/C=C2\SC(=S)N(NC(=O)c3cccs3)C2=O)c(Br)cc1O. The number of halogens is 1. The molecule has 0 spiro atoms. The highest BCUT2D eigenvalue weighted by Gasteiger charge is 2.34. The molecule has 1 saturated heterocycles. The normalized spacial score (nSPS) is 15.5. The highest BCUT2D eigenvalue weighted by atomic mass is 79.9. The molecule has 0 aliphatic carbocycles. The summed E-state index contributed by atoms with van der Waals surface area (Å²) >= 11 is 10.9. The fraction of sp³-hybridized carbons (Fsp3) is 0.118. The summed E-state index contributed by atoms with van der Waals surface area (Å²) in [6.45, 7) is 2.20. The van der Waals surface area contributed by atoms with Gasteiger partial charge in [-0.1, -0.05) is 33.8 Å². The number of carbonyl (C=O) groups is 2. The molecule has 0 saturated carbocycles. The Morgan fingerprint density at radius 1 is 1.48 bits per heavy atom. The lowest BCUT2D eigenvalue weighted by molar-refractivity contribution is -0.123. The lowest BCUT2D eigenvalue weighted by atomic mass is 10.2. The molecule has 0 unspecified atom stereocenters. The van der Waals surface area contributed by atoms with E-state index in [0.717, 1.165) is 16.8 Å². The second kappa shape index (κ2) is 8.42. The number of rotatable bonds is 5. The predicted molar refractivity (Wildman–Crippen MR) is 114 cm³/mol. The maximum atomic E-state index is 12.7. The highest BCUT2D eigenvalue weighted by Crippen LogP contribution is 2.37. The van der Waals surface area contributed by atoms with Crippen molar-refractivity contribution in [3.05, 3.63) is 49.5 Å². The first-order valence-electron chi connectivity index (χ1n) is 7.68. The summed E-state index contributed by atoms with van der Waals surface area (Å²) in [7, 11) is 0. The van der Waals surface area contributed by atoms with Crippen LogP contribution in [0.1, 0.15) is 22.2 Å². The maximum Gasteiger partial charge on any atom is 0.285 e. The van der Waals surface area contributed by atoms with Gasteiger partial charge in [0.05, 0.1) is 16.4 Å². The summed E-state index contributed by atoms with van der Waals surface area (Å²) < 4.78 is 6.20. The number of amides is 2. The van der Waals surface area contributed by atoms with Crippen LogP contribution >= 0.6 is 51.2 Å². The third-order valence-electron chi connectivity index (χ3n) is 3.42. The molecule has 10 heteroatoms. The van der Waals surface area contributed by atoms with Crippen LogP contribution < -0.4 is 10.2 Å². The molecule has 2 heterocycles. The fourth-order valence-electron chi connectivity index (χ4n) is 2.21. The Morgan fingerprint density at radius 3 is 2.93 bits per heavy atom. The van der Waals surface area contributed by atoms with Crippen LogP contribution in [-0.4, -0.2) is 32.9 Å². The highest BCUT2D eigenvalue weighted by molar-refractivity contribution is 9.10. The molecule has 1 aliphatic heterocycles. The summed E-state index contributed by atoms with van der Waals surface area (Å²) in [6, 6.07) is 6.54. The van der Waals surface area contributed by atoms with E-state index in [9.17, 15) is 14.7 Å². The second-order valence-electron chi connectivity index (χ2n) is 5.21. The number of benzene rings is 1. The Morgan fingerprint density at radius 2 is 2.26 bits per heavy atom. The van der Waals surface area contributed by atoms with E-state index in [1.54, 1.807) is 29.7 Å². The van der Waals surface area contributed by atoms with E-state index in [0.29, 0.717) is 32.2 Å². The lowest BCUT2D eigenvalue weighted by Gasteiger charge is -2.14. The summed E-state index contributed by atoms with van der Waals surface area (Å²) in [6.07, 6.45) is 1.63. The number of carbonyl (C=O) groups excluding carboxylic acids is 2. The van der Waals surface area contributed by atoms with Crippen LogP contribution in [0.2, 0.25) is 0 Å². The van der Waals surface area contributed by atoms with Gasteiger partial charge >= 0.3 is 0 Å². The summed E-state index contributed by atoms with van der Waals surface area (Å²) in [5, 5.41) is 12.7. The average Bonchev–Trinajstić information content (AvgIpc) is 3.24. The molecule has 2 N–H and O–H groups in total. The van der Waals surface area contributed by atoms with E-state index in [1.165, 1.54) is 17.4 Å². The van der Waals surface area contributed by atoms with Crippen molar-refractivity contribution < 1.29 is 19.4 Å². The number of hydrogen-bond acceptors (Lipinski definition) is 7. The fourth-order valence-corrected chi connectivity index (χ4v) is 4.44. The average molecular weight is 485 g/mol. The number of thioether (sulfide) groups is 1. The third-order valence-corrected chi connectivity index (χ3v) is 6.27. The summed E-state index contributed by atoms with van der Waals surface area (Å²) in [4.78, 5) is 25.7. The van der Waals surface area contributed by atoms with Crippen molar-refractivity contribution in [2.24, 2.45) is 0 Å². The third kappa shape index (κ3) is 4.34.